The Kier molecular flexibility index (Phi) is 4.15. The summed E-state index contributed by atoms with van der Waals surface area (Å²) in [5, 5.41) is -1.44. The number of halogens is 3. The highest BCUT2D eigenvalue weighted by atomic mass is 28.3. The van der Waals surface area contributed by atoms with E-state index in [2.05, 4.69) is 0 Å². The smallest absolute Gasteiger partial charge is 0.295 e. The Bertz CT molecular complexity index is 176. The first-order valence-electron chi connectivity index (χ1n) is 4.45. The van der Waals surface area contributed by atoms with E-state index < -0.39 is 19.7 Å². The minimum absolute atomic E-state index is 0.387. The van der Waals surface area contributed by atoms with Gasteiger partial charge in [0.2, 0.25) is 5.41 Å². The summed E-state index contributed by atoms with van der Waals surface area (Å²) in [4.78, 5) is 11.1. The predicted octanol–water partition coefficient (Wildman–Crippen LogP) is 3.17. The van der Waals surface area contributed by atoms with Crippen LogP contribution >= 0.6 is 0 Å². The van der Waals surface area contributed by atoms with Crippen molar-refractivity contribution in [2.45, 2.75) is 45.1 Å². The molecule has 0 spiro atoms. The fraction of sp³-hybridized carbons (Fsp3) is 0.875. The zero-order chi connectivity index (χ0) is 10.7. The molecule has 0 N–H and O–H groups in total. The quantitative estimate of drug-likeness (QED) is 0.654. The second-order valence-electron chi connectivity index (χ2n) is 3.17. The van der Waals surface area contributed by atoms with Crippen LogP contribution in [-0.4, -0.2) is 19.7 Å². The van der Waals surface area contributed by atoms with Crippen LogP contribution < -0.4 is 0 Å². The minimum Gasteiger partial charge on any atom is -0.295 e. The lowest BCUT2D eigenvalue weighted by Gasteiger charge is -2.26. The molecule has 0 radical (unpaired) electrons. The second-order valence-corrected chi connectivity index (χ2v) is 8.30. The summed E-state index contributed by atoms with van der Waals surface area (Å²) >= 11 is 0. The predicted molar refractivity (Wildman–Crippen MR) is 48.3 cm³/mol. The third kappa shape index (κ3) is 2.56. The van der Waals surface area contributed by atoms with Crippen LogP contribution in [0.5, 0.6) is 0 Å². The molecule has 0 saturated carbocycles. The third-order valence-electron chi connectivity index (χ3n) is 2.77. The van der Waals surface area contributed by atoms with Crippen LogP contribution in [0.3, 0.4) is 0 Å². The fourth-order valence-electron chi connectivity index (χ4n) is 1.53. The number of rotatable bonds is 4. The molecule has 0 aliphatic heterocycles. The summed E-state index contributed by atoms with van der Waals surface area (Å²) in [7, 11) is -2.72. The Labute approximate surface area is 77.3 Å². The molecular formula is C8H15F3OSi. The molecule has 0 bridgehead atoms. The van der Waals surface area contributed by atoms with Crippen LogP contribution in [0.2, 0.25) is 18.1 Å². The zero-order valence-corrected chi connectivity index (χ0v) is 9.16. The van der Waals surface area contributed by atoms with Crippen molar-refractivity contribution in [1.82, 2.24) is 0 Å². The summed E-state index contributed by atoms with van der Waals surface area (Å²) in [6, 6.07) is 1.16. The van der Waals surface area contributed by atoms with Crippen LogP contribution in [-0.2, 0) is 4.79 Å². The maximum atomic E-state index is 12.2. The number of carbonyl (C=O) groups is 1. The molecule has 0 heterocycles. The van der Waals surface area contributed by atoms with Crippen molar-refractivity contribution >= 4 is 13.5 Å². The summed E-state index contributed by atoms with van der Waals surface area (Å²) in [5.74, 6) is 0. The zero-order valence-electron chi connectivity index (χ0n) is 8.16. The number of hydrogen-bond acceptors (Lipinski definition) is 1. The van der Waals surface area contributed by atoms with Crippen LogP contribution in [0, 0.1) is 0 Å². The third-order valence-corrected chi connectivity index (χ3v) is 8.08. The summed E-state index contributed by atoms with van der Waals surface area (Å²) in [6.45, 7) is 5.05. The lowest BCUT2D eigenvalue weighted by Crippen LogP contribution is -2.49. The van der Waals surface area contributed by atoms with Crippen molar-refractivity contribution in [1.29, 1.82) is 0 Å². The van der Waals surface area contributed by atoms with E-state index in [0.29, 0.717) is 18.1 Å². The molecule has 5 heteroatoms. The molecule has 0 aliphatic rings. The molecule has 13 heavy (non-hydrogen) atoms. The molecule has 0 aromatic heterocycles. The van der Waals surface area contributed by atoms with Crippen molar-refractivity contribution in [3.05, 3.63) is 0 Å². The number of hydrogen-bond donors (Lipinski definition) is 0. The van der Waals surface area contributed by atoms with Gasteiger partial charge in [0.15, 0.2) is 0 Å². The van der Waals surface area contributed by atoms with Crippen LogP contribution in [0.15, 0.2) is 0 Å². The van der Waals surface area contributed by atoms with E-state index in [1.165, 1.54) is 0 Å². The van der Waals surface area contributed by atoms with Gasteiger partial charge < -0.3 is 0 Å². The van der Waals surface area contributed by atoms with Crippen LogP contribution in [0.1, 0.15) is 20.8 Å². The van der Waals surface area contributed by atoms with Gasteiger partial charge in [0.05, 0.1) is 0 Å². The fourth-order valence-corrected chi connectivity index (χ4v) is 4.60. The van der Waals surface area contributed by atoms with Crippen molar-refractivity contribution in [3.63, 3.8) is 0 Å². The molecule has 78 valence electrons. The molecule has 0 rings (SSSR count). The highest BCUT2D eigenvalue weighted by Crippen LogP contribution is 2.30. The molecule has 0 aliphatic carbocycles. The van der Waals surface area contributed by atoms with Crippen molar-refractivity contribution < 1.29 is 18.0 Å². The van der Waals surface area contributed by atoms with Crippen LogP contribution in [0.25, 0.3) is 0 Å². The minimum atomic E-state index is -4.63. The molecule has 0 atom stereocenters. The Morgan fingerprint density at radius 2 is 1.38 bits per heavy atom. The number of alkyl halides is 3. The lowest BCUT2D eigenvalue weighted by molar-refractivity contribution is -0.162. The van der Waals surface area contributed by atoms with Crippen molar-refractivity contribution in [2.75, 3.05) is 0 Å². The van der Waals surface area contributed by atoms with E-state index in [-0.39, 0.29) is 0 Å². The normalized spacial score (nSPS) is 13.1. The summed E-state index contributed by atoms with van der Waals surface area (Å²) in [5.41, 5.74) is 0. The molecule has 0 amide bonds. The van der Waals surface area contributed by atoms with Crippen molar-refractivity contribution in [2.24, 2.45) is 0 Å². The molecule has 0 aromatic rings. The van der Waals surface area contributed by atoms with Gasteiger partial charge in [-0.15, -0.1) is 0 Å². The topological polar surface area (TPSA) is 17.1 Å². The Morgan fingerprint density at radius 3 is 1.46 bits per heavy atom. The average Bonchev–Trinajstić information content (AvgIpc) is 2.07. The van der Waals surface area contributed by atoms with Gasteiger partial charge in [-0.2, -0.15) is 13.2 Å². The molecule has 0 aromatic carbocycles. The van der Waals surface area contributed by atoms with Gasteiger partial charge in [-0.25, -0.2) is 0 Å². The molecular weight excluding hydrogens is 197 g/mol. The maximum absolute atomic E-state index is 12.2. The van der Waals surface area contributed by atoms with Gasteiger partial charge in [-0.1, -0.05) is 38.9 Å². The largest absolute Gasteiger partial charge is 0.444 e. The van der Waals surface area contributed by atoms with Gasteiger partial charge in [0.1, 0.15) is 8.07 Å². The standard InChI is InChI=1S/C8H15F3OSi/c1-4-13(5-2,6-3)7(12)8(9,10)11/h4-6H2,1-3H3. The molecule has 1 nitrogen and oxygen atoms in total. The van der Waals surface area contributed by atoms with Crippen LogP contribution in [0.4, 0.5) is 13.2 Å². The van der Waals surface area contributed by atoms with E-state index in [1.807, 2.05) is 0 Å². The van der Waals surface area contributed by atoms with E-state index in [1.54, 1.807) is 20.8 Å². The van der Waals surface area contributed by atoms with Gasteiger partial charge >= 0.3 is 6.18 Å². The number of carbonyl (C=O) groups excluding carboxylic acids is 1. The molecule has 0 saturated heterocycles. The highest BCUT2D eigenvalue weighted by molar-refractivity contribution is 7.06. The molecule has 0 unspecified atom stereocenters. The Balaban J connectivity index is 4.85. The van der Waals surface area contributed by atoms with Crippen molar-refractivity contribution in [3.8, 4) is 0 Å². The first-order valence-corrected chi connectivity index (χ1v) is 7.07. The van der Waals surface area contributed by atoms with Gasteiger partial charge in [0, 0.05) is 0 Å². The Morgan fingerprint density at radius 1 is 1.08 bits per heavy atom. The average molecular weight is 212 g/mol. The monoisotopic (exact) mass is 212 g/mol. The SMILES string of the molecule is CC[Si](CC)(CC)C(=O)C(F)(F)F. The van der Waals surface area contributed by atoms with Gasteiger partial charge in [-0.05, 0) is 0 Å². The van der Waals surface area contributed by atoms with Gasteiger partial charge in [-0.3, -0.25) is 4.79 Å². The Hall–Kier alpha value is -0.323. The lowest BCUT2D eigenvalue weighted by atomic mass is 10.7. The maximum Gasteiger partial charge on any atom is 0.444 e. The first kappa shape index (κ1) is 12.7. The van der Waals surface area contributed by atoms with E-state index >= 15 is 0 Å². The van der Waals surface area contributed by atoms with E-state index in [4.69, 9.17) is 0 Å². The molecule has 0 fully saturated rings. The highest BCUT2D eigenvalue weighted by Gasteiger charge is 2.51. The van der Waals surface area contributed by atoms with E-state index in [0.717, 1.165) is 0 Å². The van der Waals surface area contributed by atoms with Gasteiger partial charge in [0.25, 0.3) is 0 Å². The summed E-state index contributed by atoms with van der Waals surface area (Å²) < 4.78 is 36.6. The first-order chi connectivity index (χ1) is 5.84. The summed E-state index contributed by atoms with van der Waals surface area (Å²) in [6.07, 6.45) is -4.63. The second kappa shape index (κ2) is 4.26. The van der Waals surface area contributed by atoms with E-state index in [9.17, 15) is 18.0 Å².